The third-order valence-corrected chi connectivity index (χ3v) is 2.81. The van der Waals surface area contributed by atoms with E-state index >= 15 is 0 Å². The van der Waals surface area contributed by atoms with Crippen LogP contribution >= 0.6 is 0 Å². The van der Waals surface area contributed by atoms with Crippen LogP contribution in [0.1, 0.15) is 15.9 Å². The van der Waals surface area contributed by atoms with Gasteiger partial charge in [0.05, 0.1) is 19.3 Å². The molecule has 1 N–H and O–H groups in total. The maximum atomic E-state index is 11.7. The molecule has 0 heterocycles. The zero-order valence-electron chi connectivity index (χ0n) is 10.1. The summed E-state index contributed by atoms with van der Waals surface area (Å²) in [5.41, 5.74) is 2.91. The van der Waals surface area contributed by atoms with Gasteiger partial charge in [0, 0.05) is 0 Å². The topological polar surface area (TPSA) is 46.5 Å². The predicted octanol–water partition coefficient (Wildman–Crippen LogP) is 2.63. The normalized spacial score (nSPS) is 10.1. The Morgan fingerprint density at radius 1 is 1.06 bits per heavy atom. The Kier molecular flexibility index (Phi) is 3.75. The lowest BCUT2D eigenvalue weighted by Crippen LogP contribution is -2.04. The molecule has 0 saturated carbocycles. The fourth-order valence-corrected chi connectivity index (χ4v) is 1.93. The molecule has 92 valence electrons. The quantitative estimate of drug-likeness (QED) is 0.841. The Labute approximate surface area is 106 Å². The maximum Gasteiger partial charge on any atom is 0.338 e. The Morgan fingerprint density at radius 2 is 1.67 bits per heavy atom. The Balaban J connectivity index is 2.60. The highest BCUT2D eigenvalue weighted by Gasteiger charge is 2.14. The summed E-state index contributed by atoms with van der Waals surface area (Å²) in [5.74, 6) is -0.377. The maximum absolute atomic E-state index is 11.7. The van der Waals surface area contributed by atoms with Gasteiger partial charge in [0.1, 0.15) is 0 Å². The molecule has 0 aliphatic carbocycles. The van der Waals surface area contributed by atoms with Gasteiger partial charge in [-0.15, -0.1) is 0 Å². The molecule has 2 rings (SSSR count). The molecule has 0 aromatic heterocycles. The number of carbonyl (C=O) groups is 1. The molecule has 0 aliphatic heterocycles. The summed E-state index contributed by atoms with van der Waals surface area (Å²) in [4.78, 5) is 11.7. The number of ether oxygens (including phenoxy) is 1. The zero-order valence-corrected chi connectivity index (χ0v) is 10.1. The molecule has 2 aromatic rings. The molecule has 0 saturated heterocycles. The number of carbonyl (C=O) groups excluding carboxylic acids is 1. The predicted molar refractivity (Wildman–Crippen MR) is 69.1 cm³/mol. The van der Waals surface area contributed by atoms with E-state index in [0.29, 0.717) is 5.56 Å². The van der Waals surface area contributed by atoms with Gasteiger partial charge >= 0.3 is 5.97 Å². The first-order chi connectivity index (χ1) is 8.77. The standard InChI is InChI=1S/C15H14O3/c1-18-15(17)14-9-5-4-8-13(14)12-7-3-2-6-11(12)10-16/h2-9,16H,10H2,1H3. The Hall–Kier alpha value is -2.13. The van der Waals surface area contributed by atoms with Crippen LogP contribution in [0, 0.1) is 0 Å². The van der Waals surface area contributed by atoms with Crippen molar-refractivity contribution in [2.24, 2.45) is 0 Å². The number of methoxy groups -OCH3 is 1. The van der Waals surface area contributed by atoms with Crippen LogP contribution < -0.4 is 0 Å². The molecule has 18 heavy (non-hydrogen) atoms. The van der Waals surface area contributed by atoms with E-state index in [0.717, 1.165) is 16.7 Å². The van der Waals surface area contributed by atoms with Gasteiger partial charge in [0.15, 0.2) is 0 Å². The van der Waals surface area contributed by atoms with Crippen LogP contribution in [0.4, 0.5) is 0 Å². The molecule has 0 fully saturated rings. The van der Waals surface area contributed by atoms with E-state index in [1.54, 1.807) is 12.1 Å². The van der Waals surface area contributed by atoms with Gasteiger partial charge in [-0.3, -0.25) is 0 Å². The number of hydrogen-bond acceptors (Lipinski definition) is 3. The summed E-state index contributed by atoms with van der Waals surface area (Å²) in [7, 11) is 1.36. The van der Waals surface area contributed by atoms with Gasteiger partial charge in [0.25, 0.3) is 0 Å². The van der Waals surface area contributed by atoms with Crippen LogP contribution in [-0.4, -0.2) is 18.2 Å². The molecular weight excluding hydrogens is 228 g/mol. The molecule has 0 spiro atoms. The minimum atomic E-state index is -0.377. The van der Waals surface area contributed by atoms with Crippen molar-refractivity contribution in [2.45, 2.75) is 6.61 Å². The average molecular weight is 242 g/mol. The Bertz CT molecular complexity index is 561. The minimum absolute atomic E-state index is 0.0638. The summed E-state index contributed by atoms with van der Waals surface area (Å²) in [6, 6.07) is 14.7. The van der Waals surface area contributed by atoms with E-state index in [-0.39, 0.29) is 12.6 Å². The molecule has 2 aromatic carbocycles. The van der Waals surface area contributed by atoms with E-state index in [2.05, 4.69) is 0 Å². The van der Waals surface area contributed by atoms with E-state index in [4.69, 9.17) is 4.74 Å². The molecule has 0 bridgehead atoms. The van der Waals surface area contributed by atoms with Crippen molar-refractivity contribution < 1.29 is 14.6 Å². The van der Waals surface area contributed by atoms with Crippen molar-refractivity contribution in [3.63, 3.8) is 0 Å². The number of rotatable bonds is 3. The van der Waals surface area contributed by atoms with Crippen LogP contribution in [0.2, 0.25) is 0 Å². The van der Waals surface area contributed by atoms with Crippen molar-refractivity contribution in [3.8, 4) is 11.1 Å². The van der Waals surface area contributed by atoms with E-state index in [9.17, 15) is 9.90 Å². The molecule has 3 heteroatoms. The lowest BCUT2D eigenvalue weighted by Gasteiger charge is -2.11. The number of aliphatic hydroxyl groups is 1. The number of benzene rings is 2. The Morgan fingerprint density at radius 3 is 2.33 bits per heavy atom. The summed E-state index contributed by atoms with van der Waals surface area (Å²) < 4.78 is 4.77. The van der Waals surface area contributed by atoms with E-state index in [1.165, 1.54) is 7.11 Å². The molecule has 0 aliphatic rings. The third kappa shape index (κ3) is 2.26. The number of esters is 1. The largest absolute Gasteiger partial charge is 0.465 e. The first-order valence-electron chi connectivity index (χ1n) is 5.64. The lowest BCUT2D eigenvalue weighted by atomic mass is 9.96. The molecule has 3 nitrogen and oxygen atoms in total. The summed E-state index contributed by atoms with van der Waals surface area (Å²) in [6.45, 7) is -0.0638. The van der Waals surface area contributed by atoms with Crippen LogP contribution in [0.15, 0.2) is 48.5 Å². The molecule has 0 atom stereocenters. The highest BCUT2D eigenvalue weighted by atomic mass is 16.5. The van der Waals surface area contributed by atoms with Gasteiger partial charge < -0.3 is 9.84 Å². The highest BCUT2D eigenvalue weighted by Crippen LogP contribution is 2.27. The van der Waals surface area contributed by atoms with Gasteiger partial charge in [-0.1, -0.05) is 42.5 Å². The van der Waals surface area contributed by atoms with E-state index in [1.807, 2.05) is 36.4 Å². The second kappa shape index (κ2) is 5.47. The van der Waals surface area contributed by atoms with Gasteiger partial charge in [-0.05, 0) is 22.8 Å². The van der Waals surface area contributed by atoms with Crippen LogP contribution in [0.3, 0.4) is 0 Å². The summed E-state index contributed by atoms with van der Waals surface area (Å²) in [5, 5.41) is 9.35. The van der Waals surface area contributed by atoms with Crippen LogP contribution in [0.5, 0.6) is 0 Å². The van der Waals surface area contributed by atoms with Gasteiger partial charge in [-0.2, -0.15) is 0 Å². The number of hydrogen-bond donors (Lipinski definition) is 1. The van der Waals surface area contributed by atoms with Crippen molar-refractivity contribution in [1.82, 2.24) is 0 Å². The fourth-order valence-electron chi connectivity index (χ4n) is 1.93. The molecule has 0 unspecified atom stereocenters. The second-order valence-electron chi connectivity index (χ2n) is 3.85. The monoisotopic (exact) mass is 242 g/mol. The second-order valence-corrected chi connectivity index (χ2v) is 3.85. The van der Waals surface area contributed by atoms with Crippen molar-refractivity contribution in [1.29, 1.82) is 0 Å². The molecule has 0 amide bonds. The van der Waals surface area contributed by atoms with Gasteiger partial charge in [-0.25, -0.2) is 4.79 Å². The lowest BCUT2D eigenvalue weighted by molar-refractivity contribution is 0.0601. The van der Waals surface area contributed by atoms with Crippen molar-refractivity contribution in [2.75, 3.05) is 7.11 Å². The number of aliphatic hydroxyl groups excluding tert-OH is 1. The zero-order chi connectivity index (χ0) is 13.0. The third-order valence-electron chi connectivity index (χ3n) is 2.81. The van der Waals surface area contributed by atoms with Crippen LogP contribution in [0.25, 0.3) is 11.1 Å². The van der Waals surface area contributed by atoms with Crippen molar-refractivity contribution in [3.05, 3.63) is 59.7 Å². The molecule has 0 radical (unpaired) electrons. The smallest absolute Gasteiger partial charge is 0.338 e. The average Bonchev–Trinajstić information content (AvgIpc) is 2.46. The summed E-state index contributed by atoms with van der Waals surface area (Å²) in [6.07, 6.45) is 0. The van der Waals surface area contributed by atoms with Gasteiger partial charge in [0.2, 0.25) is 0 Å². The minimum Gasteiger partial charge on any atom is -0.465 e. The highest BCUT2D eigenvalue weighted by molar-refractivity contribution is 5.97. The van der Waals surface area contributed by atoms with Crippen molar-refractivity contribution >= 4 is 5.97 Å². The summed E-state index contributed by atoms with van der Waals surface area (Å²) >= 11 is 0. The van der Waals surface area contributed by atoms with E-state index < -0.39 is 0 Å². The first kappa shape index (κ1) is 12.3. The molecular formula is C15H14O3. The SMILES string of the molecule is COC(=O)c1ccccc1-c1ccccc1CO. The fraction of sp³-hybridized carbons (Fsp3) is 0.133. The first-order valence-corrected chi connectivity index (χ1v) is 5.64. The van der Waals surface area contributed by atoms with Crippen LogP contribution in [-0.2, 0) is 11.3 Å².